The predicted octanol–water partition coefficient (Wildman–Crippen LogP) is 5.52. The first kappa shape index (κ1) is 23.9. The van der Waals surface area contributed by atoms with Gasteiger partial charge in [0, 0.05) is 5.92 Å². The zero-order valence-electron chi connectivity index (χ0n) is 16.4. The Morgan fingerprint density at radius 3 is 1.21 bits per heavy atom. The normalized spacial score (nSPS) is 12.9. The lowest BCUT2D eigenvalue weighted by atomic mass is 9.99. The highest BCUT2D eigenvalue weighted by molar-refractivity contribution is 4.61. The zero-order chi connectivity index (χ0) is 17.9. The van der Waals surface area contributed by atoms with E-state index in [9.17, 15) is 0 Å². The Labute approximate surface area is 151 Å². The predicted molar refractivity (Wildman–Crippen MR) is 105 cm³/mol. The molecule has 0 rings (SSSR count). The molecule has 0 radical (unpaired) electrons. The molecular formula is C21H45NO2. The molecule has 0 fully saturated rings. The third-order valence-corrected chi connectivity index (χ3v) is 5.15. The quantitative estimate of drug-likeness (QED) is 0.213. The molecule has 0 heterocycles. The molecule has 3 nitrogen and oxygen atoms in total. The molecule has 0 saturated carbocycles. The Hall–Kier alpha value is -0.120. The van der Waals surface area contributed by atoms with Crippen LogP contribution in [0.15, 0.2) is 0 Å². The summed E-state index contributed by atoms with van der Waals surface area (Å²) in [5.74, 6) is -0.142. The van der Waals surface area contributed by atoms with Crippen LogP contribution in [-0.4, -0.2) is 23.0 Å². The number of rotatable bonds is 19. The molecular weight excluding hydrogens is 298 g/mol. The molecule has 0 amide bonds. The lowest BCUT2D eigenvalue weighted by Crippen LogP contribution is -2.27. The topological polar surface area (TPSA) is 66.5 Å². The van der Waals surface area contributed by atoms with Crippen molar-refractivity contribution in [3.8, 4) is 0 Å². The van der Waals surface area contributed by atoms with Gasteiger partial charge in [-0.2, -0.15) is 0 Å². The lowest BCUT2D eigenvalue weighted by Gasteiger charge is -2.16. The summed E-state index contributed by atoms with van der Waals surface area (Å²) in [6, 6.07) is 0. The van der Waals surface area contributed by atoms with Gasteiger partial charge in [0.15, 0.2) is 6.29 Å². The monoisotopic (exact) mass is 343 g/mol. The van der Waals surface area contributed by atoms with Gasteiger partial charge in [0.1, 0.15) is 0 Å². The van der Waals surface area contributed by atoms with Crippen molar-refractivity contribution in [2.45, 2.75) is 122 Å². The average molecular weight is 344 g/mol. The van der Waals surface area contributed by atoms with Crippen LogP contribution in [0.2, 0.25) is 0 Å². The van der Waals surface area contributed by atoms with Crippen molar-refractivity contribution in [1.82, 2.24) is 0 Å². The summed E-state index contributed by atoms with van der Waals surface area (Å²) < 4.78 is 0. The van der Waals surface area contributed by atoms with E-state index in [1.54, 1.807) is 0 Å². The van der Waals surface area contributed by atoms with Crippen molar-refractivity contribution >= 4 is 0 Å². The highest BCUT2D eigenvalue weighted by Crippen LogP contribution is 2.15. The van der Waals surface area contributed by atoms with Gasteiger partial charge in [-0.3, -0.25) is 0 Å². The Kier molecular flexibility index (Phi) is 19.1. The van der Waals surface area contributed by atoms with Crippen LogP contribution in [0.5, 0.6) is 0 Å². The third-order valence-electron chi connectivity index (χ3n) is 5.15. The average Bonchev–Trinajstić information content (AvgIpc) is 2.57. The molecule has 0 aliphatic rings. The second kappa shape index (κ2) is 19.2. The number of aliphatic hydroxyl groups excluding tert-OH is 1. The molecule has 0 spiro atoms. The fourth-order valence-electron chi connectivity index (χ4n) is 3.34. The smallest absolute Gasteiger partial charge is 0.155 e. The largest absolute Gasteiger partial charge is 0.368 e. The molecule has 0 aromatic rings. The molecule has 1 atom stereocenters. The van der Waals surface area contributed by atoms with Gasteiger partial charge in [-0.1, -0.05) is 110 Å². The van der Waals surface area contributed by atoms with Gasteiger partial charge >= 0.3 is 0 Å². The minimum atomic E-state index is -1.24. The molecule has 0 saturated heterocycles. The Morgan fingerprint density at radius 2 is 0.917 bits per heavy atom. The molecule has 1 unspecified atom stereocenters. The lowest BCUT2D eigenvalue weighted by molar-refractivity contribution is -0.0833. The highest BCUT2D eigenvalue weighted by Gasteiger charge is 2.13. The van der Waals surface area contributed by atoms with Crippen LogP contribution in [0.1, 0.15) is 116 Å². The molecule has 0 bridgehead atoms. The first-order valence-corrected chi connectivity index (χ1v) is 10.8. The third kappa shape index (κ3) is 16.7. The van der Waals surface area contributed by atoms with E-state index in [-0.39, 0.29) is 5.92 Å². The van der Waals surface area contributed by atoms with Crippen molar-refractivity contribution in [2.24, 2.45) is 11.7 Å². The molecule has 0 aliphatic heterocycles. The van der Waals surface area contributed by atoms with E-state index in [0.29, 0.717) is 6.54 Å². The van der Waals surface area contributed by atoms with Crippen molar-refractivity contribution in [1.29, 1.82) is 0 Å². The van der Waals surface area contributed by atoms with Gasteiger partial charge in [-0.05, 0) is 13.0 Å². The van der Waals surface area contributed by atoms with Crippen molar-refractivity contribution in [2.75, 3.05) is 6.54 Å². The Bertz CT molecular complexity index is 234. The van der Waals surface area contributed by atoms with Crippen molar-refractivity contribution in [3.63, 3.8) is 0 Å². The van der Waals surface area contributed by atoms with E-state index in [4.69, 9.17) is 15.9 Å². The van der Waals surface area contributed by atoms with Gasteiger partial charge < -0.3 is 15.9 Å². The summed E-state index contributed by atoms with van der Waals surface area (Å²) in [4.78, 5) is 0. The first-order chi connectivity index (χ1) is 11.7. The number of hydrogen-bond acceptors (Lipinski definition) is 3. The Morgan fingerprint density at radius 1 is 0.583 bits per heavy atom. The summed E-state index contributed by atoms with van der Waals surface area (Å²) in [6.07, 6.45) is 21.4. The molecule has 0 aliphatic carbocycles. The minimum Gasteiger partial charge on any atom is -0.368 e. The van der Waals surface area contributed by atoms with Gasteiger partial charge in [0.05, 0.1) is 0 Å². The molecule has 24 heavy (non-hydrogen) atoms. The van der Waals surface area contributed by atoms with Gasteiger partial charge in [0.2, 0.25) is 0 Å². The van der Waals surface area contributed by atoms with Crippen LogP contribution < -0.4 is 5.73 Å². The van der Waals surface area contributed by atoms with Gasteiger partial charge in [-0.25, -0.2) is 0 Å². The van der Waals surface area contributed by atoms with Crippen LogP contribution in [0.3, 0.4) is 0 Å². The van der Waals surface area contributed by atoms with Gasteiger partial charge in [-0.15, -0.1) is 0 Å². The fourth-order valence-corrected chi connectivity index (χ4v) is 3.34. The Balaban J connectivity index is 3.10. The van der Waals surface area contributed by atoms with Crippen molar-refractivity contribution in [3.05, 3.63) is 0 Å². The van der Waals surface area contributed by atoms with E-state index >= 15 is 0 Å². The summed E-state index contributed by atoms with van der Waals surface area (Å²) in [5, 5.41) is 18.2. The van der Waals surface area contributed by atoms with Crippen LogP contribution in [0.4, 0.5) is 0 Å². The maximum absolute atomic E-state index is 9.11. The summed E-state index contributed by atoms with van der Waals surface area (Å²) in [7, 11) is 0. The number of nitrogens with two attached hydrogens (primary N) is 1. The maximum atomic E-state index is 9.11. The second-order valence-electron chi connectivity index (χ2n) is 7.50. The van der Waals surface area contributed by atoms with Crippen LogP contribution >= 0.6 is 0 Å². The molecule has 3 heteroatoms. The van der Waals surface area contributed by atoms with E-state index < -0.39 is 6.29 Å². The van der Waals surface area contributed by atoms with Crippen LogP contribution in [-0.2, 0) is 0 Å². The second-order valence-corrected chi connectivity index (χ2v) is 7.50. The first-order valence-electron chi connectivity index (χ1n) is 10.8. The number of aliphatic hydroxyl groups is 2. The van der Waals surface area contributed by atoms with E-state index in [1.165, 1.54) is 96.3 Å². The van der Waals surface area contributed by atoms with Crippen LogP contribution in [0.25, 0.3) is 0 Å². The van der Waals surface area contributed by atoms with Crippen molar-refractivity contribution < 1.29 is 10.2 Å². The fraction of sp³-hybridized carbons (Fsp3) is 1.00. The number of unbranched alkanes of at least 4 members (excludes halogenated alkanes) is 15. The van der Waals surface area contributed by atoms with E-state index in [1.807, 2.05) is 0 Å². The minimum absolute atomic E-state index is 0.142. The molecule has 0 aromatic heterocycles. The molecule has 146 valence electrons. The molecule has 0 aromatic carbocycles. The van der Waals surface area contributed by atoms with Gasteiger partial charge in [0.25, 0.3) is 0 Å². The van der Waals surface area contributed by atoms with E-state index in [2.05, 4.69) is 6.92 Å². The maximum Gasteiger partial charge on any atom is 0.155 e. The summed E-state index contributed by atoms with van der Waals surface area (Å²) in [5.41, 5.74) is 5.52. The summed E-state index contributed by atoms with van der Waals surface area (Å²) in [6.45, 7) is 2.65. The molecule has 4 N–H and O–H groups in total. The zero-order valence-corrected chi connectivity index (χ0v) is 16.4. The highest BCUT2D eigenvalue weighted by atomic mass is 16.5. The summed E-state index contributed by atoms with van der Waals surface area (Å²) >= 11 is 0. The standard InChI is InChI=1S/C21H45NO2/c1-2-3-4-5-6-7-8-9-10-11-12-13-14-15-16-17-18-20(19-22)21(23)24/h20-21,23-24H,2-19,22H2,1H3. The SMILES string of the molecule is CCCCCCCCCCCCCCCCCCC(CN)C(O)O. The van der Waals surface area contributed by atoms with E-state index in [0.717, 1.165) is 12.8 Å². The van der Waals surface area contributed by atoms with Crippen LogP contribution in [0, 0.1) is 5.92 Å². The number of hydrogen-bond donors (Lipinski definition) is 3.